The van der Waals surface area contributed by atoms with Crippen LogP contribution in [0.5, 0.6) is 17.4 Å². The minimum Gasteiger partial charge on any atom is -0.493 e. The fourth-order valence-corrected chi connectivity index (χ4v) is 4.22. The summed E-state index contributed by atoms with van der Waals surface area (Å²) >= 11 is 0. The Balaban J connectivity index is 1.81. The van der Waals surface area contributed by atoms with Crippen LogP contribution in [0.2, 0.25) is 0 Å². The molecule has 9 heteroatoms. The number of nitro benzene ring substituents is 1. The Morgan fingerprint density at radius 1 is 1.12 bits per heavy atom. The molecule has 1 aliphatic carbocycles. The van der Waals surface area contributed by atoms with Gasteiger partial charge < -0.3 is 14.2 Å². The maximum absolute atomic E-state index is 12.8. The van der Waals surface area contributed by atoms with Gasteiger partial charge in [0.2, 0.25) is 5.88 Å². The van der Waals surface area contributed by atoms with Gasteiger partial charge in [-0.2, -0.15) is 4.98 Å². The smallest absolute Gasteiger partial charge is 0.351 e. The second-order valence-corrected chi connectivity index (χ2v) is 9.30. The van der Waals surface area contributed by atoms with Crippen molar-refractivity contribution in [2.45, 2.75) is 78.4 Å². The van der Waals surface area contributed by atoms with Gasteiger partial charge in [0.05, 0.1) is 30.3 Å². The Morgan fingerprint density at radius 3 is 2.41 bits per heavy atom. The van der Waals surface area contributed by atoms with Crippen LogP contribution in [0.25, 0.3) is 0 Å². The Kier molecular flexibility index (Phi) is 8.90. The van der Waals surface area contributed by atoms with Crippen molar-refractivity contribution in [3.8, 4) is 17.4 Å². The van der Waals surface area contributed by atoms with Gasteiger partial charge in [-0.05, 0) is 31.7 Å². The quantitative estimate of drug-likeness (QED) is 0.356. The summed E-state index contributed by atoms with van der Waals surface area (Å²) in [6.45, 7) is 6.09. The topological polar surface area (TPSA) is 106 Å². The lowest BCUT2D eigenvalue weighted by Crippen LogP contribution is -2.28. The molecule has 0 unspecified atom stereocenters. The average molecular weight is 474 g/mol. The molecule has 2 aromatic rings. The van der Waals surface area contributed by atoms with E-state index in [2.05, 4.69) is 4.98 Å². The van der Waals surface area contributed by atoms with Gasteiger partial charge >= 0.3 is 5.69 Å². The number of rotatable bonds is 9. The van der Waals surface area contributed by atoms with Gasteiger partial charge in [-0.1, -0.05) is 46.0 Å². The molecule has 1 aromatic heterocycles. The minimum atomic E-state index is -0.479. The predicted molar refractivity (Wildman–Crippen MR) is 129 cm³/mol. The van der Waals surface area contributed by atoms with E-state index in [0.717, 1.165) is 25.7 Å². The summed E-state index contributed by atoms with van der Waals surface area (Å²) in [5.41, 5.74) is 0.535. The molecule has 0 atom stereocenters. The van der Waals surface area contributed by atoms with Crippen molar-refractivity contribution in [3.05, 3.63) is 50.1 Å². The Hall–Kier alpha value is -3.10. The van der Waals surface area contributed by atoms with Crippen molar-refractivity contribution in [2.24, 2.45) is 5.92 Å². The first-order valence-corrected chi connectivity index (χ1v) is 12.0. The van der Waals surface area contributed by atoms with Crippen LogP contribution in [0.1, 0.15) is 76.0 Å². The molecule has 0 saturated heterocycles. The Labute approximate surface area is 200 Å². The summed E-state index contributed by atoms with van der Waals surface area (Å²) in [5.74, 6) is 1.13. The first-order valence-electron chi connectivity index (χ1n) is 12.0. The SMILES string of the molecule is COc1cc(COc2nc(=O)n(C3CCCCCCC3)cc2C)c([N+](=O)[O-])cc1OCC(C)C. The van der Waals surface area contributed by atoms with Gasteiger partial charge in [0.25, 0.3) is 5.69 Å². The summed E-state index contributed by atoms with van der Waals surface area (Å²) in [7, 11) is 1.48. The van der Waals surface area contributed by atoms with Crippen LogP contribution < -0.4 is 19.9 Å². The zero-order valence-corrected chi connectivity index (χ0v) is 20.5. The average Bonchev–Trinajstić information content (AvgIpc) is 2.77. The summed E-state index contributed by atoms with van der Waals surface area (Å²) in [6, 6.07) is 3.04. The second kappa shape index (κ2) is 11.9. The van der Waals surface area contributed by atoms with E-state index in [9.17, 15) is 14.9 Å². The van der Waals surface area contributed by atoms with Gasteiger partial charge in [0, 0.05) is 17.8 Å². The largest absolute Gasteiger partial charge is 0.493 e. The molecule has 1 saturated carbocycles. The number of hydrogen-bond acceptors (Lipinski definition) is 7. The van der Waals surface area contributed by atoms with E-state index in [0.29, 0.717) is 29.2 Å². The highest BCUT2D eigenvalue weighted by Crippen LogP contribution is 2.35. The highest BCUT2D eigenvalue weighted by Gasteiger charge is 2.22. The third kappa shape index (κ3) is 6.48. The molecule has 186 valence electrons. The molecular weight excluding hydrogens is 438 g/mol. The third-order valence-electron chi connectivity index (χ3n) is 6.05. The molecule has 34 heavy (non-hydrogen) atoms. The van der Waals surface area contributed by atoms with Crippen LogP contribution in [-0.2, 0) is 6.61 Å². The first-order chi connectivity index (χ1) is 16.3. The highest BCUT2D eigenvalue weighted by atomic mass is 16.6. The van der Waals surface area contributed by atoms with E-state index >= 15 is 0 Å². The zero-order valence-electron chi connectivity index (χ0n) is 20.5. The monoisotopic (exact) mass is 473 g/mol. The number of benzene rings is 1. The van der Waals surface area contributed by atoms with Gasteiger partial charge in [-0.3, -0.25) is 14.7 Å². The number of aryl methyl sites for hydroxylation is 1. The molecule has 1 aromatic carbocycles. The third-order valence-corrected chi connectivity index (χ3v) is 6.05. The normalized spacial score (nSPS) is 15.0. The fourth-order valence-electron chi connectivity index (χ4n) is 4.22. The van der Waals surface area contributed by atoms with Crippen molar-refractivity contribution in [3.63, 3.8) is 0 Å². The van der Waals surface area contributed by atoms with Gasteiger partial charge in [0.15, 0.2) is 11.5 Å². The Morgan fingerprint density at radius 2 is 1.79 bits per heavy atom. The van der Waals surface area contributed by atoms with Crippen molar-refractivity contribution in [2.75, 3.05) is 13.7 Å². The molecule has 0 bridgehead atoms. The Bertz CT molecular complexity index is 1040. The predicted octanol–water partition coefficient (Wildman–Crippen LogP) is 5.37. The van der Waals surface area contributed by atoms with Crippen molar-refractivity contribution >= 4 is 5.69 Å². The van der Waals surface area contributed by atoms with E-state index in [4.69, 9.17) is 14.2 Å². The molecule has 0 spiro atoms. The van der Waals surface area contributed by atoms with Gasteiger partial charge in [-0.25, -0.2) is 4.79 Å². The van der Waals surface area contributed by atoms with E-state index in [1.165, 1.54) is 32.4 Å². The fraction of sp³-hybridized carbons (Fsp3) is 0.600. The molecule has 9 nitrogen and oxygen atoms in total. The molecule has 1 aliphatic rings. The van der Waals surface area contributed by atoms with E-state index in [-0.39, 0.29) is 35.8 Å². The molecule has 0 N–H and O–H groups in total. The van der Waals surface area contributed by atoms with Crippen LogP contribution in [0.4, 0.5) is 5.69 Å². The number of hydrogen-bond donors (Lipinski definition) is 0. The zero-order chi connectivity index (χ0) is 24.7. The first kappa shape index (κ1) is 25.5. The van der Waals surface area contributed by atoms with Crippen molar-refractivity contribution < 1.29 is 19.1 Å². The molecule has 0 amide bonds. The molecule has 0 radical (unpaired) electrons. The summed E-state index contributed by atoms with van der Waals surface area (Å²) in [5, 5.41) is 11.7. The van der Waals surface area contributed by atoms with Crippen molar-refractivity contribution in [1.82, 2.24) is 9.55 Å². The molecule has 1 fully saturated rings. The summed E-state index contributed by atoms with van der Waals surface area (Å²) in [6.07, 6.45) is 9.61. The summed E-state index contributed by atoms with van der Waals surface area (Å²) < 4.78 is 18.6. The van der Waals surface area contributed by atoms with Crippen LogP contribution in [-0.4, -0.2) is 28.2 Å². The number of nitro groups is 1. The molecule has 3 rings (SSSR count). The highest BCUT2D eigenvalue weighted by molar-refractivity contribution is 5.54. The lowest BCUT2D eigenvalue weighted by atomic mass is 9.96. The van der Waals surface area contributed by atoms with Crippen molar-refractivity contribution in [1.29, 1.82) is 0 Å². The molecule has 1 heterocycles. The van der Waals surface area contributed by atoms with Gasteiger partial charge in [0.1, 0.15) is 6.61 Å². The summed E-state index contributed by atoms with van der Waals surface area (Å²) in [4.78, 5) is 28.2. The lowest BCUT2D eigenvalue weighted by molar-refractivity contribution is -0.385. The number of aromatic nitrogens is 2. The van der Waals surface area contributed by atoms with E-state index in [1.807, 2.05) is 20.8 Å². The number of ether oxygens (including phenoxy) is 3. The van der Waals surface area contributed by atoms with Crippen LogP contribution in [0.15, 0.2) is 23.1 Å². The lowest BCUT2D eigenvalue weighted by Gasteiger charge is -2.22. The van der Waals surface area contributed by atoms with Crippen LogP contribution in [0, 0.1) is 23.0 Å². The minimum absolute atomic E-state index is 0.127. The number of nitrogens with zero attached hydrogens (tertiary/aromatic N) is 3. The van der Waals surface area contributed by atoms with Crippen LogP contribution in [0.3, 0.4) is 0 Å². The molecular formula is C25H35N3O6. The van der Waals surface area contributed by atoms with Gasteiger partial charge in [-0.15, -0.1) is 0 Å². The second-order valence-electron chi connectivity index (χ2n) is 9.30. The maximum Gasteiger partial charge on any atom is 0.351 e. The number of methoxy groups -OCH3 is 1. The molecule has 0 aliphatic heterocycles. The van der Waals surface area contributed by atoms with E-state index in [1.54, 1.807) is 16.8 Å². The van der Waals surface area contributed by atoms with E-state index < -0.39 is 4.92 Å². The standard InChI is InChI=1S/C25H35N3O6/c1-17(2)15-33-23-13-21(28(30)31)19(12-22(23)32-4)16-34-24-18(3)14-27(25(29)26-24)20-10-8-6-5-7-9-11-20/h12-14,17,20H,5-11,15-16H2,1-4H3. The van der Waals surface area contributed by atoms with Crippen LogP contribution >= 0.6 is 0 Å². The maximum atomic E-state index is 12.8.